The molecule has 11 heavy (non-hydrogen) atoms. The molecule has 1 aromatic heterocycles. The molecule has 1 saturated carbocycles. The highest BCUT2D eigenvalue weighted by atomic mass is 32.1. The minimum atomic E-state index is 0.258. The number of rotatable bonds is 2. The van der Waals surface area contributed by atoms with Crippen LogP contribution in [0, 0.1) is 0 Å². The van der Waals surface area contributed by atoms with Gasteiger partial charge in [0.15, 0.2) is 0 Å². The molecule has 0 bridgehead atoms. The fraction of sp³-hybridized carbons (Fsp3) is 0.625. The van der Waals surface area contributed by atoms with Crippen LogP contribution in [0.1, 0.15) is 24.8 Å². The molecule has 60 valence electrons. The molecule has 1 heterocycles. The quantitative estimate of drug-likeness (QED) is 0.727. The third-order valence-electron chi connectivity index (χ3n) is 2.52. The van der Waals surface area contributed by atoms with Gasteiger partial charge in [-0.3, -0.25) is 0 Å². The van der Waals surface area contributed by atoms with Crippen molar-refractivity contribution in [2.45, 2.75) is 31.2 Å². The molecule has 0 aliphatic heterocycles. The third-order valence-corrected chi connectivity index (χ3v) is 3.51. The van der Waals surface area contributed by atoms with Gasteiger partial charge < -0.3 is 5.73 Å². The Labute approximate surface area is 70.5 Å². The predicted molar refractivity (Wildman–Crippen MR) is 46.7 cm³/mol. The van der Waals surface area contributed by atoms with Crippen LogP contribution < -0.4 is 5.73 Å². The zero-order valence-electron chi connectivity index (χ0n) is 6.58. The van der Waals surface area contributed by atoms with Crippen LogP contribution >= 0.6 is 11.3 Å². The molecule has 1 atom stereocenters. The summed E-state index contributed by atoms with van der Waals surface area (Å²) in [6.45, 7) is 2.08. The van der Waals surface area contributed by atoms with Crippen LogP contribution in [0.15, 0.2) is 11.6 Å². The van der Waals surface area contributed by atoms with Gasteiger partial charge in [-0.1, -0.05) is 0 Å². The van der Waals surface area contributed by atoms with Crippen molar-refractivity contribution in [3.05, 3.63) is 16.6 Å². The highest BCUT2D eigenvalue weighted by molar-refractivity contribution is 7.09. The molecule has 1 aliphatic rings. The largest absolute Gasteiger partial charge is 0.327 e. The Balaban J connectivity index is 2.29. The van der Waals surface area contributed by atoms with Crippen LogP contribution in [0.4, 0.5) is 0 Å². The van der Waals surface area contributed by atoms with E-state index in [1.807, 2.05) is 11.6 Å². The minimum Gasteiger partial charge on any atom is -0.327 e. The van der Waals surface area contributed by atoms with Crippen molar-refractivity contribution < 1.29 is 0 Å². The Morgan fingerprint density at radius 2 is 2.45 bits per heavy atom. The van der Waals surface area contributed by atoms with Crippen molar-refractivity contribution >= 4 is 11.3 Å². The summed E-state index contributed by atoms with van der Waals surface area (Å²) in [6, 6.07) is 0.258. The summed E-state index contributed by atoms with van der Waals surface area (Å²) in [5.74, 6) is 0. The SMILES string of the molecule is CC(N)C1(c2nccs2)CC1. The average Bonchev–Trinajstić information content (AvgIpc) is 2.61. The summed E-state index contributed by atoms with van der Waals surface area (Å²) < 4.78 is 0. The van der Waals surface area contributed by atoms with Crippen molar-refractivity contribution in [2.24, 2.45) is 5.73 Å². The van der Waals surface area contributed by atoms with Crippen LogP contribution in [0.3, 0.4) is 0 Å². The Morgan fingerprint density at radius 1 is 1.73 bits per heavy atom. The molecule has 2 rings (SSSR count). The molecule has 1 aliphatic carbocycles. The fourth-order valence-corrected chi connectivity index (χ4v) is 2.47. The van der Waals surface area contributed by atoms with Gasteiger partial charge in [0.1, 0.15) is 5.01 Å². The van der Waals surface area contributed by atoms with E-state index in [0.717, 1.165) is 0 Å². The first kappa shape index (κ1) is 7.25. The molecule has 2 nitrogen and oxygen atoms in total. The lowest BCUT2D eigenvalue weighted by Gasteiger charge is -2.15. The van der Waals surface area contributed by atoms with E-state index in [9.17, 15) is 0 Å². The van der Waals surface area contributed by atoms with E-state index in [2.05, 4.69) is 11.9 Å². The molecule has 0 aromatic carbocycles. The zero-order valence-corrected chi connectivity index (χ0v) is 7.40. The number of nitrogens with two attached hydrogens (primary N) is 1. The Hall–Kier alpha value is -0.410. The molecule has 0 amide bonds. The van der Waals surface area contributed by atoms with Crippen molar-refractivity contribution in [2.75, 3.05) is 0 Å². The summed E-state index contributed by atoms with van der Waals surface area (Å²) in [5.41, 5.74) is 6.15. The maximum Gasteiger partial charge on any atom is 0.100 e. The highest BCUT2D eigenvalue weighted by Gasteiger charge is 2.49. The molecule has 2 N–H and O–H groups in total. The zero-order chi connectivity index (χ0) is 7.90. The van der Waals surface area contributed by atoms with E-state index < -0.39 is 0 Å². The number of thiazole rings is 1. The molecule has 1 fully saturated rings. The number of hydrogen-bond donors (Lipinski definition) is 1. The molecule has 0 saturated heterocycles. The predicted octanol–water partition coefficient (Wildman–Crippen LogP) is 1.52. The summed E-state index contributed by atoms with van der Waals surface area (Å²) in [4.78, 5) is 4.31. The van der Waals surface area contributed by atoms with Crippen LogP contribution in [-0.4, -0.2) is 11.0 Å². The van der Waals surface area contributed by atoms with Crippen molar-refractivity contribution in [3.8, 4) is 0 Å². The van der Waals surface area contributed by atoms with E-state index in [1.54, 1.807) is 11.3 Å². The topological polar surface area (TPSA) is 38.9 Å². The van der Waals surface area contributed by atoms with Crippen LogP contribution in [0.5, 0.6) is 0 Å². The first-order valence-corrected chi connectivity index (χ1v) is 4.79. The average molecular weight is 168 g/mol. The molecular weight excluding hydrogens is 156 g/mol. The van der Waals surface area contributed by atoms with Gasteiger partial charge in [-0.2, -0.15) is 0 Å². The van der Waals surface area contributed by atoms with Crippen LogP contribution in [0.25, 0.3) is 0 Å². The Bertz CT molecular complexity index is 237. The lowest BCUT2D eigenvalue weighted by Crippen LogP contribution is -2.31. The van der Waals surface area contributed by atoms with E-state index >= 15 is 0 Å². The molecule has 0 radical (unpaired) electrons. The Kier molecular flexibility index (Phi) is 1.51. The standard InChI is InChI=1S/C8H12N2S/c1-6(9)8(2-3-8)7-10-4-5-11-7/h4-6H,2-3,9H2,1H3. The van der Waals surface area contributed by atoms with Crippen molar-refractivity contribution in [3.63, 3.8) is 0 Å². The van der Waals surface area contributed by atoms with E-state index in [0.29, 0.717) is 0 Å². The van der Waals surface area contributed by atoms with Gasteiger partial charge in [0.25, 0.3) is 0 Å². The normalized spacial score (nSPS) is 23.1. The summed E-state index contributed by atoms with van der Waals surface area (Å²) in [5, 5.41) is 3.25. The lowest BCUT2D eigenvalue weighted by molar-refractivity contribution is 0.553. The van der Waals surface area contributed by atoms with Gasteiger partial charge >= 0.3 is 0 Å². The molecule has 1 unspecified atom stereocenters. The second-order valence-corrected chi connectivity index (χ2v) is 4.18. The van der Waals surface area contributed by atoms with E-state index in [-0.39, 0.29) is 11.5 Å². The van der Waals surface area contributed by atoms with Crippen LogP contribution in [-0.2, 0) is 5.41 Å². The second kappa shape index (κ2) is 2.29. The third kappa shape index (κ3) is 0.993. The number of hydrogen-bond acceptors (Lipinski definition) is 3. The molecule has 1 aromatic rings. The smallest absolute Gasteiger partial charge is 0.100 e. The maximum absolute atomic E-state index is 5.89. The molecular formula is C8H12N2S. The maximum atomic E-state index is 5.89. The second-order valence-electron chi connectivity index (χ2n) is 3.28. The van der Waals surface area contributed by atoms with Gasteiger partial charge in [0.2, 0.25) is 0 Å². The fourth-order valence-electron chi connectivity index (χ4n) is 1.47. The van der Waals surface area contributed by atoms with Crippen molar-refractivity contribution in [1.29, 1.82) is 0 Å². The number of nitrogens with zero attached hydrogens (tertiary/aromatic N) is 1. The van der Waals surface area contributed by atoms with E-state index in [4.69, 9.17) is 5.73 Å². The van der Waals surface area contributed by atoms with Gasteiger partial charge in [0, 0.05) is 23.0 Å². The molecule has 3 heteroatoms. The van der Waals surface area contributed by atoms with Gasteiger partial charge in [0.05, 0.1) is 0 Å². The van der Waals surface area contributed by atoms with Gasteiger partial charge in [-0.25, -0.2) is 4.98 Å². The summed E-state index contributed by atoms with van der Waals surface area (Å²) in [7, 11) is 0. The monoisotopic (exact) mass is 168 g/mol. The van der Waals surface area contributed by atoms with Gasteiger partial charge in [-0.05, 0) is 19.8 Å². The lowest BCUT2D eigenvalue weighted by atomic mass is 10.0. The molecule has 0 spiro atoms. The Morgan fingerprint density at radius 3 is 2.82 bits per heavy atom. The minimum absolute atomic E-state index is 0.258. The highest BCUT2D eigenvalue weighted by Crippen LogP contribution is 2.50. The summed E-state index contributed by atoms with van der Waals surface area (Å²) >= 11 is 1.73. The van der Waals surface area contributed by atoms with Gasteiger partial charge in [-0.15, -0.1) is 11.3 Å². The first-order valence-electron chi connectivity index (χ1n) is 3.91. The van der Waals surface area contributed by atoms with Crippen molar-refractivity contribution in [1.82, 2.24) is 4.98 Å². The van der Waals surface area contributed by atoms with Crippen LogP contribution in [0.2, 0.25) is 0 Å². The van der Waals surface area contributed by atoms with E-state index in [1.165, 1.54) is 17.8 Å². The first-order chi connectivity index (χ1) is 5.26. The number of aromatic nitrogens is 1. The summed E-state index contributed by atoms with van der Waals surface area (Å²) in [6.07, 6.45) is 4.30.